The normalized spacial score (nSPS) is 49.1. The van der Waals surface area contributed by atoms with Crippen LogP contribution < -0.4 is 0 Å². The Morgan fingerprint density at radius 2 is 1.89 bits per heavy atom. The van der Waals surface area contributed by atoms with Crippen molar-refractivity contribution in [1.29, 1.82) is 0 Å². The molecule has 0 unspecified atom stereocenters. The van der Waals surface area contributed by atoms with Gasteiger partial charge in [-0.3, -0.25) is 9.59 Å². The number of ketones is 1. The molecule has 0 bridgehead atoms. The second-order valence-electron chi connectivity index (χ2n) is 11.2. The van der Waals surface area contributed by atoms with Gasteiger partial charge in [-0.15, -0.1) is 0 Å². The Morgan fingerprint density at radius 3 is 2.61 bits per heavy atom. The number of hydrogen-bond donors (Lipinski definition) is 2. The van der Waals surface area contributed by atoms with Gasteiger partial charge in [0.05, 0.1) is 6.10 Å². The van der Waals surface area contributed by atoms with E-state index in [-0.39, 0.29) is 29.3 Å². The van der Waals surface area contributed by atoms with Gasteiger partial charge < -0.3 is 10.2 Å². The first-order chi connectivity index (χ1) is 13.2. The van der Waals surface area contributed by atoms with E-state index in [1.165, 1.54) is 6.42 Å². The molecule has 0 aliphatic heterocycles. The van der Waals surface area contributed by atoms with Crippen molar-refractivity contribution in [3.8, 4) is 0 Å². The highest BCUT2D eigenvalue weighted by Crippen LogP contribution is 2.67. The Kier molecular flexibility index (Phi) is 5.17. The third-order valence-electron chi connectivity index (χ3n) is 9.89. The van der Waals surface area contributed by atoms with E-state index >= 15 is 0 Å². The molecule has 0 amide bonds. The third-order valence-corrected chi connectivity index (χ3v) is 9.89. The number of carbonyl (C=O) groups is 2. The summed E-state index contributed by atoms with van der Waals surface area (Å²) >= 11 is 0. The minimum atomic E-state index is -0.711. The largest absolute Gasteiger partial charge is 0.481 e. The second kappa shape index (κ2) is 7.11. The van der Waals surface area contributed by atoms with Crippen LogP contribution in [0.3, 0.4) is 0 Å². The minimum absolute atomic E-state index is 0.0492. The zero-order valence-electron chi connectivity index (χ0n) is 17.8. The van der Waals surface area contributed by atoms with E-state index in [1.807, 2.05) is 0 Å². The molecule has 2 N–H and O–H groups in total. The molecule has 28 heavy (non-hydrogen) atoms. The standard InChI is InChI=1S/C24H38O4/c1-14(4-9-21(27)28)18-7-8-19-17-6-5-15-12-16(25)10-11-23(15,2)22(17)20(26)13-24(18,19)3/h14-19,22,25H,4-13H2,1-3H3,(H,27,28)/t14-,15-,16-,17+,18-,19+,22-,23+,24-/m1/s1. The van der Waals surface area contributed by atoms with Gasteiger partial charge in [0.1, 0.15) is 5.78 Å². The average Bonchev–Trinajstić information content (AvgIpc) is 2.96. The van der Waals surface area contributed by atoms with Crippen LogP contribution in [-0.2, 0) is 9.59 Å². The molecular weight excluding hydrogens is 352 g/mol. The molecule has 4 aliphatic rings. The van der Waals surface area contributed by atoms with Crippen molar-refractivity contribution in [3.05, 3.63) is 0 Å². The fraction of sp³-hybridized carbons (Fsp3) is 0.917. The molecule has 4 aliphatic carbocycles. The molecule has 4 nitrogen and oxygen atoms in total. The molecular formula is C24H38O4. The van der Waals surface area contributed by atoms with Crippen LogP contribution in [0.5, 0.6) is 0 Å². The lowest BCUT2D eigenvalue weighted by Crippen LogP contribution is -2.57. The van der Waals surface area contributed by atoms with Gasteiger partial charge in [0.2, 0.25) is 0 Å². The summed E-state index contributed by atoms with van der Waals surface area (Å²) in [5, 5.41) is 19.3. The fourth-order valence-electron chi connectivity index (χ4n) is 8.57. The second-order valence-corrected chi connectivity index (χ2v) is 11.2. The fourth-order valence-corrected chi connectivity index (χ4v) is 8.57. The molecule has 0 radical (unpaired) electrons. The van der Waals surface area contributed by atoms with E-state index in [2.05, 4.69) is 20.8 Å². The maximum atomic E-state index is 13.6. The van der Waals surface area contributed by atoms with Gasteiger partial charge in [-0.25, -0.2) is 0 Å². The lowest BCUT2D eigenvalue weighted by atomic mass is 9.44. The predicted molar refractivity (Wildman–Crippen MR) is 108 cm³/mol. The first-order valence-electron chi connectivity index (χ1n) is 11.6. The quantitative estimate of drug-likeness (QED) is 0.730. The van der Waals surface area contributed by atoms with Crippen molar-refractivity contribution < 1.29 is 19.8 Å². The molecule has 0 aromatic rings. The van der Waals surface area contributed by atoms with Crippen LogP contribution in [-0.4, -0.2) is 28.1 Å². The zero-order valence-corrected chi connectivity index (χ0v) is 17.8. The van der Waals surface area contributed by atoms with Gasteiger partial charge >= 0.3 is 5.97 Å². The Bertz CT molecular complexity index is 645. The van der Waals surface area contributed by atoms with Gasteiger partial charge in [0, 0.05) is 18.8 Å². The summed E-state index contributed by atoms with van der Waals surface area (Å²) in [5.41, 5.74) is 0.126. The van der Waals surface area contributed by atoms with E-state index in [9.17, 15) is 14.7 Å². The maximum absolute atomic E-state index is 13.6. The molecule has 4 rings (SSSR count). The van der Waals surface area contributed by atoms with Gasteiger partial charge in [-0.2, -0.15) is 0 Å². The van der Waals surface area contributed by atoms with Crippen LogP contribution in [0.25, 0.3) is 0 Å². The number of carboxylic acid groups (broad SMARTS) is 1. The number of carbonyl (C=O) groups excluding carboxylic acids is 1. The molecule has 9 atom stereocenters. The summed E-state index contributed by atoms with van der Waals surface area (Å²) < 4.78 is 0. The van der Waals surface area contributed by atoms with Gasteiger partial charge in [-0.1, -0.05) is 20.8 Å². The van der Waals surface area contributed by atoms with Crippen LogP contribution in [0.4, 0.5) is 0 Å². The Hall–Kier alpha value is -0.900. The Morgan fingerprint density at radius 1 is 1.14 bits per heavy atom. The van der Waals surface area contributed by atoms with Crippen LogP contribution in [0.15, 0.2) is 0 Å². The third kappa shape index (κ3) is 3.05. The summed E-state index contributed by atoms with van der Waals surface area (Å²) in [4.78, 5) is 24.6. The van der Waals surface area contributed by atoms with E-state index in [0.29, 0.717) is 41.8 Å². The molecule has 0 heterocycles. The number of aliphatic hydroxyl groups excluding tert-OH is 1. The topological polar surface area (TPSA) is 74.6 Å². The minimum Gasteiger partial charge on any atom is -0.481 e. The summed E-state index contributed by atoms with van der Waals surface area (Å²) in [7, 11) is 0. The van der Waals surface area contributed by atoms with E-state index in [0.717, 1.165) is 44.9 Å². The maximum Gasteiger partial charge on any atom is 0.303 e. The molecule has 0 saturated heterocycles. The Labute approximate surface area is 169 Å². The Balaban J connectivity index is 1.57. The smallest absolute Gasteiger partial charge is 0.303 e. The van der Waals surface area contributed by atoms with Crippen molar-refractivity contribution in [1.82, 2.24) is 0 Å². The lowest BCUT2D eigenvalue weighted by molar-refractivity contribution is -0.162. The molecule has 4 fully saturated rings. The molecule has 0 spiro atoms. The van der Waals surface area contributed by atoms with Crippen LogP contribution in [0.1, 0.15) is 85.0 Å². The van der Waals surface area contributed by atoms with Crippen molar-refractivity contribution in [2.75, 3.05) is 0 Å². The summed E-state index contributed by atoms with van der Waals surface area (Å²) in [6.45, 7) is 6.90. The van der Waals surface area contributed by atoms with Crippen LogP contribution >= 0.6 is 0 Å². The van der Waals surface area contributed by atoms with Crippen molar-refractivity contribution >= 4 is 11.8 Å². The van der Waals surface area contributed by atoms with Crippen molar-refractivity contribution in [3.63, 3.8) is 0 Å². The van der Waals surface area contributed by atoms with Gasteiger partial charge in [0.15, 0.2) is 0 Å². The van der Waals surface area contributed by atoms with E-state index in [1.54, 1.807) is 0 Å². The zero-order chi connectivity index (χ0) is 20.3. The monoisotopic (exact) mass is 390 g/mol. The number of rotatable bonds is 4. The van der Waals surface area contributed by atoms with Crippen LogP contribution in [0.2, 0.25) is 0 Å². The molecule has 4 heteroatoms. The first kappa shape index (κ1) is 20.4. The number of carboxylic acids is 1. The number of aliphatic hydroxyl groups is 1. The molecule has 0 aromatic carbocycles. The highest BCUT2D eigenvalue weighted by atomic mass is 16.4. The summed E-state index contributed by atoms with van der Waals surface area (Å²) in [6.07, 6.45) is 8.85. The van der Waals surface area contributed by atoms with E-state index < -0.39 is 5.97 Å². The number of hydrogen-bond acceptors (Lipinski definition) is 3. The van der Waals surface area contributed by atoms with Crippen LogP contribution in [0, 0.1) is 46.3 Å². The number of aliphatic carboxylic acids is 1. The highest BCUT2D eigenvalue weighted by molar-refractivity contribution is 5.84. The van der Waals surface area contributed by atoms with Crippen molar-refractivity contribution in [2.24, 2.45) is 46.3 Å². The average molecular weight is 391 g/mol. The lowest BCUT2D eigenvalue weighted by Gasteiger charge is -2.60. The number of fused-ring (bicyclic) bond motifs is 5. The number of Topliss-reactive ketones (excluding diaryl/α,β-unsaturated/α-hetero) is 1. The highest BCUT2D eigenvalue weighted by Gasteiger charge is 2.63. The van der Waals surface area contributed by atoms with Gasteiger partial charge in [-0.05, 0) is 91.8 Å². The predicted octanol–water partition coefficient (Wildman–Crippen LogP) is 4.69. The molecule has 4 saturated carbocycles. The van der Waals surface area contributed by atoms with E-state index in [4.69, 9.17) is 5.11 Å². The summed E-state index contributed by atoms with van der Waals surface area (Å²) in [6, 6.07) is 0. The van der Waals surface area contributed by atoms with Crippen molar-refractivity contribution in [2.45, 2.75) is 91.1 Å². The summed E-state index contributed by atoms with van der Waals surface area (Å²) in [5.74, 6) is 2.40. The first-order valence-corrected chi connectivity index (χ1v) is 11.6. The van der Waals surface area contributed by atoms with Gasteiger partial charge in [0.25, 0.3) is 0 Å². The molecule has 0 aromatic heterocycles. The SMILES string of the molecule is C[C@H](CCC(=O)O)[C@H]1CC[C@H]2[C@@H]3CC[C@@H]4C[C@H](O)CC[C@]4(C)[C@H]3C(=O)C[C@]12C. The molecule has 158 valence electrons.